The van der Waals surface area contributed by atoms with Crippen molar-refractivity contribution >= 4 is 0 Å². The molecule has 0 aliphatic heterocycles. The second kappa shape index (κ2) is 6.29. The van der Waals surface area contributed by atoms with Crippen LogP contribution in [0.15, 0.2) is 10.5 Å². The Labute approximate surface area is 122 Å². The summed E-state index contributed by atoms with van der Waals surface area (Å²) in [5.74, 6) is 1.99. The Hall–Kier alpha value is -0.840. The molecule has 0 spiro atoms. The second-order valence-corrected chi connectivity index (χ2v) is 6.65. The largest absolute Gasteiger partial charge is 0.465 e. The average molecular weight is 280 g/mol. The van der Waals surface area contributed by atoms with E-state index in [1.807, 2.05) is 6.92 Å². The Balaban J connectivity index is 1.79. The van der Waals surface area contributed by atoms with Crippen LogP contribution in [0.25, 0.3) is 0 Å². The van der Waals surface area contributed by atoms with Gasteiger partial charge in [0.05, 0.1) is 19.8 Å². The fourth-order valence-corrected chi connectivity index (χ4v) is 1.89. The van der Waals surface area contributed by atoms with Crippen LogP contribution >= 0.6 is 0 Å². The monoisotopic (exact) mass is 280 g/mol. The highest BCUT2D eigenvalue weighted by molar-refractivity contribution is 5.20. The van der Waals surface area contributed by atoms with E-state index in [1.54, 1.807) is 0 Å². The third-order valence-corrected chi connectivity index (χ3v) is 4.14. The number of aryl methyl sites for hydroxylation is 1. The molecule has 20 heavy (non-hydrogen) atoms. The van der Waals surface area contributed by atoms with Crippen molar-refractivity contribution in [3.8, 4) is 0 Å². The highest BCUT2D eigenvalue weighted by atomic mass is 16.5. The maximum absolute atomic E-state index is 5.86. The molecular formula is C16H28N2O2. The Morgan fingerprint density at radius 3 is 2.70 bits per heavy atom. The molecule has 0 unspecified atom stereocenters. The molecule has 1 saturated carbocycles. The van der Waals surface area contributed by atoms with Crippen LogP contribution in [-0.2, 0) is 17.9 Å². The van der Waals surface area contributed by atoms with Gasteiger partial charge in [-0.1, -0.05) is 0 Å². The van der Waals surface area contributed by atoms with E-state index in [0.29, 0.717) is 19.3 Å². The van der Waals surface area contributed by atoms with Crippen molar-refractivity contribution in [1.29, 1.82) is 0 Å². The third kappa shape index (κ3) is 4.33. The Morgan fingerprint density at radius 2 is 2.10 bits per heavy atom. The Morgan fingerprint density at radius 1 is 1.40 bits per heavy atom. The molecule has 0 radical (unpaired) electrons. The quantitative estimate of drug-likeness (QED) is 0.794. The van der Waals surface area contributed by atoms with E-state index in [4.69, 9.17) is 9.15 Å². The summed E-state index contributed by atoms with van der Waals surface area (Å²) in [6.45, 7) is 8.53. The number of rotatable bonds is 8. The second-order valence-electron chi connectivity index (χ2n) is 6.65. The molecule has 1 aliphatic carbocycles. The molecule has 2 rings (SSSR count). The van der Waals surface area contributed by atoms with E-state index in [-0.39, 0.29) is 5.54 Å². The zero-order valence-corrected chi connectivity index (χ0v) is 13.5. The number of nitrogens with zero attached hydrogens (tertiary/aromatic N) is 1. The summed E-state index contributed by atoms with van der Waals surface area (Å²) in [5.41, 5.74) is 1.21. The van der Waals surface area contributed by atoms with Gasteiger partial charge in [-0.15, -0.1) is 0 Å². The minimum Gasteiger partial charge on any atom is -0.465 e. The summed E-state index contributed by atoms with van der Waals surface area (Å²) < 4.78 is 11.6. The maximum Gasteiger partial charge on any atom is 0.118 e. The van der Waals surface area contributed by atoms with Gasteiger partial charge in [-0.3, -0.25) is 0 Å². The van der Waals surface area contributed by atoms with Crippen molar-refractivity contribution in [2.24, 2.45) is 0 Å². The summed E-state index contributed by atoms with van der Waals surface area (Å²) in [7, 11) is 4.15. The predicted octanol–water partition coefficient (Wildman–Crippen LogP) is 2.70. The van der Waals surface area contributed by atoms with Crippen LogP contribution in [0.5, 0.6) is 0 Å². The number of ether oxygens (including phenoxy) is 1. The minimum absolute atomic E-state index is 0.0496. The standard InChI is InChI=1S/C16H28N2O2/c1-12-13(10-19-11-16(2,3)18(4)5)8-15(20-12)9-17-14-6-7-14/h8,14,17H,6-7,9-11H2,1-5H3. The van der Waals surface area contributed by atoms with Gasteiger partial charge < -0.3 is 19.4 Å². The molecule has 1 aliphatic rings. The fraction of sp³-hybridized carbons (Fsp3) is 0.750. The molecule has 1 aromatic heterocycles. The zero-order chi connectivity index (χ0) is 14.8. The summed E-state index contributed by atoms with van der Waals surface area (Å²) >= 11 is 0. The van der Waals surface area contributed by atoms with E-state index in [9.17, 15) is 0 Å². The van der Waals surface area contributed by atoms with Crippen LogP contribution in [0.4, 0.5) is 0 Å². The summed E-state index contributed by atoms with van der Waals surface area (Å²) in [5, 5.41) is 3.47. The van der Waals surface area contributed by atoms with E-state index < -0.39 is 0 Å². The van der Waals surface area contributed by atoms with Crippen molar-refractivity contribution in [3.63, 3.8) is 0 Å². The lowest BCUT2D eigenvalue weighted by molar-refractivity contribution is 0.0270. The number of furan rings is 1. The third-order valence-electron chi connectivity index (χ3n) is 4.14. The van der Waals surface area contributed by atoms with Gasteiger partial charge in [-0.2, -0.15) is 0 Å². The van der Waals surface area contributed by atoms with Crippen LogP contribution in [0.2, 0.25) is 0 Å². The Kier molecular flexibility index (Phi) is 4.89. The topological polar surface area (TPSA) is 37.6 Å². The van der Waals surface area contributed by atoms with Crippen molar-refractivity contribution in [1.82, 2.24) is 10.2 Å². The lowest BCUT2D eigenvalue weighted by atomic mass is 10.1. The van der Waals surface area contributed by atoms with Gasteiger partial charge in [0.2, 0.25) is 0 Å². The van der Waals surface area contributed by atoms with E-state index in [0.717, 1.165) is 23.6 Å². The molecular weight excluding hydrogens is 252 g/mol. The average Bonchev–Trinajstić information content (AvgIpc) is 3.12. The number of nitrogens with one attached hydrogen (secondary N) is 1. The van der Waals surface area contributed by atoms with Crippen molar-refractivity contribution in [2.75, 3.05) is 20.7 Å². The maximum atomic E-state index is 5.86. The number of likely N-dealkylation sites (N-methyl/N-ethyl adjacent to an activating group) is 1. The van der Waals surface area contributed by atoms with Crippen molar-refractivity contribution in [2.45, 2.75) is 58.3 Å². The molecule has 0 saturated heterocycles. The van der Waals surface area contributed by atoms with Crippen molar-refractivity contribution in [3.05, 3.63) is 23.2 Å². The van der Waals surface area contributed by atoms with Crippen LogP contribution < -0.4 is 5.32 Å². The summed E-state index contributed by atoms with van der Waals surface area (Å²) in [4.78, 5) is 2.18. The molecule has 0 aromatic carbocycles. The van der Waals surface area contributed by atoms with E-state index in [2.05, 4.69) is 44.2 Å². The molecule has 1 fully saturated rings. The number of hydrogen-bond acceptors (Lipinski definition) is 4. The molecule has 1 N–H and O–H groups in total. The molecule has 114 valence electrons. The van der Waals surface area contributed by atoms with Gasteiger partial charge in [0, 0.05) is 17.1 Å². The molecule has 1 aromatic rings. The molecule has 0 amide bonds. The van der Waals surface area contributed by atoms with Crippen LogP contribution in [0, 0.1) is 6.92 Å². The first-order valence-corrected chi connectivity index (χ1v) is 7.45. The normalized spacial score (nSPS) is 16.1. The highest BCUT2D eigenvalue weighted by Crippen LogP contribution is 2.21. The van der Waals surface area contributed by atoms with Gasteiger partial charge in [0.25, 0.3) is 0 Å². The molecule has 4 nitrogen and oxygen atoms in total. The predicted molar refractivity (Wildman–Crippen MR) is 80.7 cm³/mol. The van der Waals surface area contributed by atoms with Crippen LogP contribution in [0.1, 0.15) is 43.8 Å². The van der Waals surface area contributed by atoms with E-state index in [1.165, 1.54) is 12.8 Å². The van der Waals surface area contributed by atoms with Gasteiger partial charge in [-0.25, -0.2) is 0 Å². The molecule has 0 bridgehead atoms. The van der Waals surface area contributed by atoms with Gasteiger partial charge in [0.15, 0.2) is 0 Å². The number of hydrogen-bond donors (Lipinski definition) is 1. The van der Waals surface area contributed by atoms with Crippen molar-refractivity contribution < 1.29 is 9.15 Å². The van der Waals surface area contributed by atoms with Crippen LogP contribution in [-0.4, -0.2) is 37.2 Å². The highest BCUT2D eigenvalue weighted by Gasteiger charge is 2.22. The lowest BCUT2D eigenvalue weighted by Crippen LogP contribution is -2.42. The lowest BCUT2D eigenvalue weighted by Gasteiger charge is -2.32. The SMILES string of the molecule is Cc1oc(CNC2CC2)cc1COCC(C)(C)N(C)C. The minimum atomic E-state index is 0.0496. The van der Waals surface area contributed by atoms with Crippen LogP contribution in [0.3, 0.4) is 0 Å². The summed E-state index contributed by atoms with van der Waals surface area (Å²) in [6, 6.07) is 2.83. The fourth-order valence-electron chi connectivity index (χ4n) is 1.89. The Bertz CT molecular complexity index is 434. The zero-order valence-electron chi connectivity index (χ0n) is 13.5. The first-order chi connectivity index (χ1) is 9.38. The summed E-state index contributed by atoms with van der Waals surface area (Å²) in [6.07, 6.45) is 2.60. The smallest absolute Gasteiger partial charge is 0.118 e. The van der Waals surface area contributed by atoms with Gasteiger partial charge in [-0.05, 0) is 53.8 Å². The first-order valence-electron chi connectivity index (χ1n) is 7.45. The van der Waals surface area contributed by atoms with E-state index >= 15 is 0 Å². The molecule has 1 heterocycles. The molecule has 0 atom stereocenters. The van der Waals surface area contributed by atoms with Gasteiger partial charge in [0.1, 0.15) is 11.5 Å². The van der Waals surface area contributed by atoms with Gasteiger partial charge >= 0.3 is 0 Å². The molecule has 4 heteroatoms. The first kappa shape index (κ1) is 15.5.